The normalized spacial score (nSPS) is 17.2. The average Bonchev–Trinajstić information content (AvgIpc) is 1.58. The summed E-state index contributed by atoms with van der Waals surface area (Å²) in [6.07, 6.45) is 22.5. The highest BCUT2D eigenvalue weighted by atomic mass is 32.2. The number of aromatic carboxylic acids is 1. The van der Waals surface area contributed by atoms with Crippen molar-refractivity contribution in [3.63, 3.8) is 0 Å². The van der Waals surface area contributed by atoms with E-state index in [-0.39, 0.29) is 52.5 Å². The first-order chi connectivity index (χ1) is 66.6. The van der Waals surface area contributed by atoms with Crippen LogP contribution in [-0.2, 0) is 93.8 Å². The number of carbonyl (C=O) groups excluding carboxylic acids is 6. The Bertz CT molecular complexity index is 6480. The Balaban J connectivity index is 0.000000152. The Hall–Kier alpha value is -11.3. The molecule has 9 aromatic rings. The zero-order valence-electron chi connectivity index (χ0n) is 81.1. The highest BCUT2D eigenvalue weighted by molar-refractivity contribution is 7.88. The van der Waals surface area contributed by atoms with E-state index in [0.29, 0.717) is 127 Å². The molecule has 6 amide bonds. The molecule has 34 nitrogen and oxygen atoms in total. The number of benzene rings is 6. The Morgan fingerprint density at radius 2 is 0.693 bits per heavy atom. The number of nitrogens with zero attached hydrogens (tertiary/aromatic N) is 6. The predicted molar refractivity (Wildman–Crippen MR) is 541 cm³/mol. The summed E-state index contributed by atoms with van der Waals surface area (Å²) in [7, 11) is -14.1. The van der Waals surface area contributed by atoms with Crippen LogP contribution in [0.4, 0.5) is 4.79 Å². The van der Waals surface area contributed by atoms with Crippen LogP contribution in [0.15, 0.2) is 144 Å². The minimum Gasteiger partial charge on any atom is -0.478 e. The van der Waals surface area contributed by atoms with Gasteiger partial charge in [0, 0.05) is 142 Å². The fourth-order valence-corrected chi connectivity index (χ4v) is 23.3. The molecule has 10 N–H and O–H groups in total. The van der Waals surface area contributed by atoms with Gasteiger partial charge in [0.1, 0.15) is 5.60 Å². The zero-order valence-corrected chi connectivity index (χ0v) is 84.4. The second-order valence-corrected chi connectivity index (χ2v) is 44.4. The van der Waals surface area contributed by atoms with Crippen molar-refractivity contribution < 1.29 is 91.3 Å². The lowest BCUT2D eigenvalue weighted by Crippen LogP contribution is -2.43. The molecule has 0 unspecified atom stereocenters. The average molecular weight is 2000 g/mol. The number of morpholine rings is 3. The summed E-state index contributed by atoms with van der Waals surface area (Å²) in [6.45, 7) is 22.8. The number of carbonyl (C=O) groups is 7. The SMILES string of the molecule is CC(C)NS(=O)(=O)NC(=O)c1ccc2c(C3CCCCC3)c3n(c2c1)CC(C(=O)N1CCOCC1)=Cc1ccccc1-3.CC(C)NS(=O)(=O)NC(=O)c1ccc2c(C3CCCCC3)c3n(c2c1)CC(C(=O)N1CCOCC1)=Cc1ccccc1-3.CC(C)NS(N)(=O)=O.CNS(=O)(=O)NC(=O)OC(C)(C)C.O=C(O)c1ccc2c(C3CCCCC3)c3n(c2c1)CC(C(=O)N1CCOCC1)=Cc1ccccc1-3. The maximum Gasteiger partial charge on any atom is 0.422 e. The van der Waals surface area contributed by atoms with Crippen LogP contribution in [0.25, 0.3) is 84.7 Å². The Kier molecular flexibility index (Phi) is 33.9. The van der Waals surface area contributed by atoms with Crippen molar-refractivity contribution in [2.24, 2.45) is 5.14 Å². The molecule has 9 aliphatic rings. The van der Waals surface area contributed by atoms with Crippen molar-refractivity contribution in [2.75, 3.05) is 86.0 Å². The Morgan fingerprint density at radius 1 is 0.400 bits per heavy atom. The van der Waals surface area contributed by atoms with Crippen LogP contribution in [0, 0.1) is 0 Å². The minimum absolute atomic E-state index is 0.0122. The molecule has 0 radical (unpaired) electrons. The van der Waals surface area contributed by atoms with Gasteiger partial charge in [-0.2, -0.15) is 47.8 Å². The van der Waals surface area contributed by atoms with Crippen LogP contribution in [0.5, 0.6) is 0 Å². The Morgan fingerprint density at radius 3 is 0.964 bits per heavy atom. The molecule has 3 aromatic heterocycles. The summed E-state index contributed by atoms with van der Waals surface area (Å²) < 4.78 is 134. The van der Waals surface area contributed by atoms with Gasteiger partial charge in [-0.15, -0.1) is 0 Å². The van der Waals surface area contributed by atoms with Crippen LogP contribution in [0.1, 0.15) is 241 Å². The van der Waals surface area contributed by atoms with Gasteiger partial charge in [-0.3, -0.25) is 24.0 Å². The third-order valence-corrected chi connectivity index (χ3v) is 30.2. The molecule has 6 fully saturated rings. The number of amides is 6. The number of rotatable bonds is 19. The first-order valence-corrected chi connectivity index (χ1v) is 54.3. The third kappa shape index (κ3) is 25.8. The number of carboxylic acid groups (broad SMARTS) is 1. The van der Waals surface area contributed by atoms with E-state index in [9.17, 15) is 72.3 Å². The molecule has 3 aliphatic carbocycles. The second-order valence-electron chi connectivity index (χ2n) is 38.6. The molecule has 3 saturated carbocycles. The fourth-order valence-electron chi connectivity index (χ4n) is 20.2. The van der Waals surface area contributed by atoms with Crippen molar-refractivity contribution in [2.45, 2.75) is 220 Å². The number of fused-ring (bicyclic) bond motifs is 15. The fraction of sp³-hybridized carbons (Fsp3) is 0.461. The minimum atomic E-state index is -4.01. The van der Waals surface area contributed by atoms with Gasteiger partial charge < -0.3 is 52.5 Å². The van der Waals surface area contributed by atoms with Gasteiger partial charge in [-0.1, -0.05) is 149 Å². The zero-order chi connectivity index (χ0) is 100. The number of hydrogen-bond acceptors (Lipinski definition) is 19. The van der Waals surface area contributed by atoms with E-state index in [2.05, 4.69) is 84.9 Å². The second kappa shape index (κ2) is 45.3. The molecule has 0 atom stereocenters. The highest BCUT2D eigenvalue weighted by Crippen LogP contribution is 2.51. The van der Waals surface area contributed by atoms with Crippen molar-refractivity contribution in [3.05, 3.63) is 194 Å². The molecular weight excluding hydrogens is 1870 g/mol. The lowest BCUT2D eigenvalue weighted by atomic mass is 9.81. The molecule has 6 aromatic carbocycles. The predicted octanol–water partition coefficient (Wildman–Crippen LogP) is 13.6. The molecule has 0 spiro atoms. The molecule has 9 heterocycles. The summed E-state index contributed by atoms with van der Waals surface area (Å²) in [6, 6.07) is 40.2. The van der Waals surface area contributed by atoms with E-state index in [1.54, 1.807) is 103 Å². The van der Waals surface area contributed by atoms with E-state index in [4.69, 9.17) is 18.9 Å². The molecular formula is C102H130N14O20S4. The van der Waals surface area contributed by atoms with Gasteiger partial charge in [-0.25, -0.2) is 33.6 Å². The highest BCUT2D eigenvalue weighted by Gasteiger charge is 2.38. The van der Waals surface area contributed by atoms with Crippen LogP contribution >= 0.6 is 0 Å². The molecule has 140 heavy (non-hydrogen) atoms. The van der Waals surface area contributed by atoms with E-state index >= 15 is 0 Å². The number of aromatic nitrogens is 3. The quantitative estimate of drug-likeness (QED) is 0.0363. The summed E-state index contributed by atoms with van der Waals surface area (Å²) in [5.74, 6) is -1.17. The van der Waals surface area contributed by atoms with E-state index in [1.165, 1.54) is 81.5 Å². The van der Waals surface area contributed by atoms with Gasteiger partial charge in [0.15, 0.2) is 0 Å². The van der Waals surface area contributed by atoms with Gasteiger partial charge in [-0.05, 0) is 207 Å². The van der Waals surface area contributed by atoms with E-state index < -0.39 is 70.3 Å². The van der Waals surface area contributed by atoms with Crippen LogP contribution in [-0.4, -0.2) is 218 Å². The van der Waals surface area contributed by atoms with Gasteiger partial charge in [0.25, 0.3) is 39.7 Å². The van der Waals surface area contributed by atoms with Crippen molar-refractivity contribution in [1.29, 1.82) is 0 Å². The smallest absolute Gasteiger partial charge is 0.422 e. The third-order valence-electron chi connectivity index (χ3n) is 26.0. The molecule has 38 heteroatoms. The molecule has 752 valence electrons. The summed E-state index contributed by atoms with van der Waals surface area (Å²) in [5.41, 5.74) is 18.1. The van der Waals surface area contributed by atoms with Gasteiger partial charge in [0.05, 0.1) is 81.9 Å². The maximum atomic E-state index is 13.8. The van der Waals surface area contributed by atoms with E-state index in [1.807, 2.05) is 86.2 Å². The standard InChI is InChI=1S/2C32H38N4O5S.C29H30N2O4.C6H14N2O4S.C3H10N2O2S/c2*1-21(2)33-42(39,40)34-31(37)24-12-13-27-28(19-24)36-20-25(32(38)35-14-16-41-17-15-35)18-23-10-6-7-11-26(23)30(36)29(27)22-8-4-3-5-9-22;32-28(30-12-14-35-15-13-30)22-16-20-8-4-5-9-23(20)27-26(19-6-2-1-3-7-19)24-11-10-21(29(33)34)17-25(24)31(27)18-22;1-6(2,3)12-5(9)8-13(10,11)7-4;1-3(2)5-8(4,6)7/h2*6-7,10-13,18-19,21-22,33H,3-5,8-9,14-17,20H2,1-2H3,(H,34,37);4-5,8-11,16-17,19H,1-3,6-7,12-15,18H2,(H,33,34);7H,1-4H3,(H,8,9);3,5H,1-2H3,(H2,4,6,7). The van der Waals surface area contributed by atoms with Gasteiger partial charge >= 0.3 is 42.7 Å². The van der Waals surface area contributed by atoms with Crippen LogP contribution in [0.3, 0.4) is 0 Å². The molecule has 3 saturated heterocycles. The largest absolute Gasteiger partial charge is 0.478 e. The summed E-state index contributed by atoms with van der Waals surface area (Å²) >= 11 is 0. The Labute approximate surface area is 819 Å². The monoisotopic (exact) mass is 2000 g/mol. The number of hydrogen-bond donors (Lipinski definition) is 9. The number of carboxylic acids is 1. The van der Waals surface area contributed by atoms with Crippen molar-refractivity contribution >= 4 is 133 Å². The van der Waals surface area contributed by atoms with Gasteiger partial charge in [0.2, 0.25) is 0 Å². The maximum absolute atomic E-state index is 13.8. The first kappa shape index (κ1) is 105. The lowest BCUT2D eigenvalue weighted by Gasteiger charge is -2.28. The topological polar surface area (TPSA) is 448 Å². The van der Waals surface area contributed by atoms with Crippen LogP contribution in [0.2, 0.25) is 0 Å². The number of ether oxygens (including phenoxy) is 4. The van der Waals surface area contributed by atoms with Crippen LogP contribution < -0.4 is 38.2 Å². The summed E-state index contributed by atoms with van der Waals surface area (Å²) in [5, 5.41) is 17.5. The molecule has 0 bridgehead atoms. The van der Waals surface area contributed by atoms with Crippen molar-refractivity contribution in [1.82, 2.24) is 61.5 Å². The first-order valence-electron chi connectivity index (χ1n) is 48.3. The van der Waals surface area contributed by atoms with E-state index in [0.717, 1.165) is 127 Å². The lowest BCUT2D eigenvalue weighted by molar-refractivity contribution is -0.131. The number of nitrogens with two attached hydrogens (primary N) is 1. The molecule has 6 aliphatic heterocycles. The number of nitrogens with one attached hydrogen (secondary N) is 7. The van der Waals surface area contributed by atoms with Crippen molar-refractivity contribution in [3.8, 4) is 33.8 Å². The summed E-state index contributed by atoms with van der Waals surface area (Å²) in [4.78, 5) is 96.0. The molecule has 18 rings (SSSR count).